The predicted octanol–water partition coefficient (Wildman–Crippen LogP) is 5.29. The fraction of sp³-hybridized carbons (Fsp3) is 0.435. The van der Waals surface area contributed by atoms with Crippen molar-refractivity contribution in [1.82, 2.24) is 4.72 Å². The highest BCUT2D eigenvalue weighted by Gasteiger charge is 2.33. The van der Waals surface area contributed by atoms with Crippen molar-refractivity contribution in [3.8, 4) is 11.1 Å². The van der Waals surface area contributed by atoms with Crippen molar-refractivity contribution in [2.45, 2.75) is 58.8 Å². The highest BCUT2D eigenvalue weighted by Crippen LogP contribution is 2.33. The van der Waals surface area contributed by atoms with E-state index in [0.29, 0.717) is 22.3 Å². The first-order valence-corrected chi connectivity index (χ1v) is 11.0. The Hall–Kier alpha value is -1.96. The lowest BCUT2D eigenvalue weighted by atomic mass is 9.93. The zero-order chi connectivity index (χ0) is 22.6. The van der Waals surface area contributed by atoms with Gasteiger partial charge in [-0.05, 0) is 76.4 Å². The number of hydrogen-bond donors (Lipinski definition) is 1. The van der Waals surface area contributed by atoms with Gasteiger partial charge in [0.15, 0.2) is 0 Å². The van der Waals surface area contributed by atoms with Crippen LogP contribution in [0.5, 0.6) is 0 Å². The first-order valence-electron chi connectivity index (χ1n) is 9.84. The first kappa shape index (κ1) is 24.3. The van der Waals surface area contributed by atoms with Crippen molar-refractivity contribution >= 4 is 17.3 Å². The van der Waals surface area contributed by atoms with Crippen LogP contribution < -0.4 is 4.72 Å². The van der Waals surface area contributed by atoms with Gasteiger partial charge in [-0.1, -0.05) is 12.1 Å². The lowest BCUT2D eigenvalue weighted by Crippen LogP contribution is -2.42. The number of carbonyl (C=O) groups excluding carboxylic acids is 1. The number of ether oxygens (including phenoxy) is 1. The molecule has 0 saturated carbocycles. The van der Waals surface area contributed by atoms with Crippen molar-refractivity contribution < 1.29 is 22.9 Å². The van der Waals surface area contributed by atoms with E-state index in [1.54, 1.807) is 59.7 Å². The van der Waals surface area contributed by atoms with Crippen LogP contribution in [0.15, 0.2) is 30.3 Å². The zero-order valence-electron chi connectivity index (χ0n) is 18.3. The molecule has 0 amide bonds. The smallest absolute Gasteiger partial charge is 0.307 e. The minimum absolute atomic E-state index is 0.151. The second-order valence-electron chi connectivity index (χ2n) is 8.19. The summed E-state index contributed by atoms with van der Waals surface area (Å²) in [5, 5.41) is 0. The SMILES string of the molecule is CCOC(=O)CC(N[S@+]([O-])C(C)(C)C)c1cc(-c2c(C)cccc2F)cc(C)c1F. The molecule has 164 valence electrons. The minimum Gasteiger partial charge on any atom is -0.598 e. The second kappa shape index (κ2) is 9.90. The summed E-state index contributed by atoms with van der Waals surface area (Å²) >= 11 is -1.56. The van der Waals surface area contributed by atoms with Gasteiger partial charge in [0.05, 0.1) is 19.1 Å². The van der Waals surface area contributed by atoms with Crippen molar-refractivity contribution in [1.29, 1.82) is 0 Å². The Morgan fingerprint density at radius 1 is 1.20 bits per heavy atom. The molecule has 2 aromatic rings. The predicted molar refractivity (Wildman–Crippen MR) is 116 cm³/mol. The van der Waals surface area contributed by atoms with Crippen molar-refractivity contribution in [3.05, 3.63) is 58.7 Å². The van der Waals surface area contributed by atoms with Gasteiger partial charge < -0.3 is 9.29 Å². The molecule has 0 saturated heterocycles. The molecule has 30 heavy (non-hydrogen) atoms. The molecule has 7 heteroatoms. The molecular weight excluding hydrogens is 408 g/mol. The Kier molecular flexibility index (Phi) is 8.02. The van der Waals surface area contributed by atoms with Crippen molar-refractivity contribution in [2.75, 3.05) is 6.61 Å². The quantitative estimate of drug-likeness (QED) is 0.472. The topological polar surface area (TPSA) is 61.4 Å². The average molecular weight is 438 g/mol. The van der Waals surface area contributed by atoms with Crippen molar-refractivity contribution in [3.63, 3.8) is 0 Å². The van der Waals surface area contributed by atoms with E-state index in [4.69, 9.17) is 4.74 Å². The fourth-order valence-electron chi connectivity index (χ4n) is 3.10. The van der Waals surface area contributed by atoms with Crippen LogP contribution in [-0.2, 0) is 20.9 Å². The van der Waals surface area contributed by atoms with Gasteiger partial charge in [0.2, 0.25) is 0 Å². The van der Waals surface area contributed by atoms with Crippen LogP contribution >= 0.6 is 0 Å². The van der Waals surface area contributed by atoms with Crippen LogP contribution in [0.4, 0.5) is 8.78 Å². The first-order chi connectivity index (χ1) is 14.0. The van der Waals surface area contributed by atoms with Gasteiger partial charge in [-0.25, -0.2) is 8.78 Å². The van der Waals surface area contributed by atoms with Gasteiger partial charge in [-0.2, -0.15) is 0 Å². The Balaban J connectivity index is 2.58. The monoisotopic (exact) mass is 437 g/mol. The Bertz CT molecular complexity index is 892. The largest absolute Gasteiger partial charge is 0.598 e. The standard InChI is InChI=1S/C23H29F2NO3S/c1-7-29-20(27)13-19(26-30(28)23(4,5)6)17-12-16(11-15(3)22(17)25)21-14(2)9-8-10-18(21)24/h8-12,19,26H,7,13H2,1-6H3/t19?,30-/m1/s1. The summed E-state index contributed by atoms with van der Waals surface area (Å²) in [7, 11) is 0. The number of hydrogen-bond acceptors (Lipinski definition) is 4. The lowest BCUT2D eigenvalue weighted by molar-refractivity contribution is -0.143. The average Bonchev–Trinajstić information content (AvgIpc) is 2.63. The molecule has 1 N–H and O–H groups in total. The number of aryl methyl sites for hydroxylation is 2. The highest BCUT2D eigenvalue weighted by atomic mass is 32.2. The second-order valence-corrected chi connectivity index (χ2v) is 10.2. The molecule has 0 aromatic heterocycles. The fourth-order valence-corrected chi connectivity index (χ4v) is 3.92. The maximum absolute atomic E-state index is 15.1. The normalized spacial score (nSPS) is 13.8. The molecule has 2 rings (SSSR count). The molecule has 1 unspecified atom stereocenters. The summed E-state index contributed by atoms with van der Waals surface area (Å²) in [5.74, 6) is -1.48. The van der Waals surface area contributed by atoms with E-state index in [-0.39, 0.29) is 18.6 Å². The Morgan fingerprint density at radius 2 is 1.87 bits per heavy atom. The van der Waals surface area contributed by atoms with Crippen LogP contribution in [-0.4, -0.2) is 21.9 Å². The van der Waals surface area contributed by atoms with E-state index in [9.17, 15) is 13.7 Å². The van der Waals surface area contributed by atoms with E-state index in [1.807, 2.05) is 0 Å². The number of esters is 1. The minimum atomic E-state index is -1.56. The summed E-state index contributed by atoms with van der Waals surface area (Å²) in [4.78, 5) is 12.2. The molecular formula is C23H29F2NO3S. The maximum Gasteiger partial charge on any atom is 0.307 e. The van der Waals surface area contributed by atoms with Gasteiger partial charge in [-0.3, -0.25) is 4.79 Å². The van der Waals surface area contributed by atoms with Gasteiger partial charge in [-0.15, -0.1) is 4.72 Å². The molecule has 2 aromatic carbocycles. The molecule has 0 aliphatic heterocycles. The van der Waals surface area contributed by atoms with Gasteiger partial charge >= 0.3 is 5.97 Å². The third-order valence-corrected chi connectivity index (χ3v) is 6.26. The number of nitrogens with one attached hydrogen (secondary N) is 1. The summed E-state index contributed by atoms with van der Waals surface area (Å²) in [5.41, 5.74) is 2.03. The Morgan fingerprint density at radius 3 is 2.43 bits per heavy atom. The maximum atomic E-state index is 15.1. The van der Waals surface area contributed by atoms with Gasteiger partial charge in [0, 0.05) is 22.5 Å². The van der Waals surface area contributed by atoms with Crippen LogP contribution in [0, 0.1) is 25.5 Å². The van der Waals surface area contributed by atoms with E-state index >= 15 is 4.39 Å². The third-order valence-electron chi connectivity index (χ3n) is 4.65. The van der Waals surface area contributed by atoms with Crippen molar-refractivity contribution in [2.24, 2.45) is 0 Å². The summed E-state index contributed by atoms with van der Waals surface area (Å²) < 4.78 is 49.7. The highest BCUT2D eigenvalue weighted by molar-refractivity contribution is 7.90. The summed E-state index contributed by atoms with van der Waals surface area (Å²) in [6.07, 6.45) is -0.203. The summed E-state index contributed by atoms with van der Waals surface area (Å²) in [6.45, 7) is 10.6. The van der Waals surface area contributed by atoms with Crippen LogP contribution in [0.2, 0.25) is 0 Å². The number of rotatable bonds is 7. The summed E-state index contributed by atoms with van der Waals surface area (Å²) in [6, 6.07) is 6.94. The molecule has 0 fully saturated rings. The van der Waals surface area contributed by atoms with Crippen LogP contribution in [0.25, 0.3) is 11.1 Å². The number of benzene rings is 2. The Labute approximate surface area is 180 Å². The third kappa shape index (κ3) is 5.80. The lowest BCUT2D eigenvalue weighted by Gasteiger charge is -2.28. The van der Waals surface area contributed by atoms with Crippen LogP contribution in [0.1, 0.15) is 56.8 Å². The number of halogens is 2. The molecule has 0 bridgehead atoms. The molecule has 4 nitrogen and oxygen atoms in total. The molecule has 0 radical (unpaired) electrons. The van der Waals surface area contributed by atoms with Gasteiger partial charge in [0.1, 0.15) is 16.4 Å². The van der Waals surface area contributed by atoms with E-state index in [0.717, 1.165) is 0 Å². The molecule has 2 atom stereocenters. The molecule has 0 aliphatic carbocycles. The number of carbonyl (C=O) groups is 1. The zero-order valence-corrected chi connectivity index (χ0v) is 19.1. The molecule has 0 aliphatic rings. The molecule has 0 spiro atoms. The van der Waals surface area contributed by atoms with Crippen LogP contribution in [0.3, 0.4) is 0 Å². The van der Waals surface area contributed by atoms with Gasteiger partial charge in [0.25, 0.3) is 0 Å². The molecule has 0 heterocycles. The van der Waals surface area contributed by atoms with E-state index in [1.165, 1.54) is 12.1 Å². The van der Waals surface area contributed by atoms with E-state index in [2.05, 4.69) is 4.72 Å². The van der Waals surface area contributed by atoms with E-state index < -0.39 is 39.8 Å².